The molecule has 0 saturated carbocycles. The van der Waals surface area contributed by atoms with Gasteiger partial charge in [-0.25, -0.2) is 9.18 Å². The number of carbonyl (C=O) groups excluding carboxylic acids is 2. The van der Waals surface area contributed by atoms with Crippen molar-refractivity contribution in [2.45, 2.75) is 25.9 Å². The van der Waals surface area contributed by atoms with Gasteiger partial charge in [0.05, 0.1) is 30.2 Å². The first-order valence-electron chi connectivity index (χ1n) is 9.41. The van der Waals surface area contributed by atoms with Crippen molar-refractivity contribution in [3.8, 4) is 0 Å². The number of hydrogen-bond acceptors (Lipinski definition) is 7. The van der Waals surface area contributed by atoms with Gasteiger partial charge in [-0.3, -0.25) is 9.69 Å². The smallest absolute Gasteiger partial charge is 0.414 e. The van der Waals surface area contributed by atoms with Gasteiger partial charge in [0.2, 0.25) is 12.7 Å². The number of ether oxygens (including phenoxy) is 2. The van der Waals surface area contributed by atoms with E-state index in [1.54, 1.807) is 12.1 Å². The highest BCUT2D eigenvalue weighted by Crippen LogP contribution is 2.29. The summed E-state index contributed by atoms with van der Waals surface area (Å²) in [5.41, 5.74) is 1.82. The summed E-state index contributed by atoms with van der Waals surface area (Å²) in [4.78, 5) is 31.4. The Morgan fingerprint density at radius 2 is 2.14 bits per heavy atom. The van der Waals surface area contributed by atoms with Gasteiger partial charge < -0.3 is 24.5 Å². The Bertz CT molecular complexity index is 778. The highest BCUT2D eigenvalue weighted by Gasteiger charge is 2.33. The Hall–Kier alpha value is -2.88. The molecule has 0 aliphatic carbocycles. The van der Waals surface area contributed by atoms with E-state index in [4.69, 9.17) is 14.3 Å². The molecule has 2 saturated heterocycles. The van der Waals surface area contributed by atoms with E-state index in [9.17, 15) is 14.0 Å². The molecule has 2 aliphatic rings. The number of nitrogens with one attached hydrogen (secondary N) is 1. The Balaban J connectivity index is 1.60. The summed E-state index contributed by atoms with van der Waals surface area (Å²) >= 11 is 0. The van der Waals surface area contributed by atoms with Gasteiger partial charge >= 0.3 is 6.09 Å². The third kappa shape index (κ3) is 5.35. The second-order valence-electron chi connectivity index (χ2n) is 6.87. The predicted molar refractivity (Wildman–Crippen MR) is 105 cm³/mol. The molecule has 1 aromatic carbocycles. The Morgan fingerprint density at radius 1 is 1.38 bits per heavy atom. The van der Waals surface area contributed by atoms with Gasteiger partial charge in [0.1, 0.15) is 11.9 Å². The number of amides is 2. The lowest BCUT2D eigenvalue weighted by atomic mass is 10.1. The van der Waals surface area contributed by atoms with E-state index >= 15 is 0 Å². The summed E-state index contributed by atoms with van der Waals surface area (Å²) in [5.74, 6) is -0.605. The van der Waals surface area contributed by atoms with Crippen molar-refractivity contribution in [2.75, 3.05) is 49.9 Å². The third-order valence-electron chi connectivity index (χ3n) is 4.74. The SMILES string of the molecule is COCON=C1CCN(c2ccc(N3CC(CNC(C)=O)OC3=O)cc2F)CC1. The summed E-state index contributed by atoms with van der Waals surface area (Å²) in [6, 6.07) is 4.71. The maximum atomic E-state index is 14.8. The molecule has 2 fully saturated rings. The molecule has 0 aromatic heterocycles. The fourth-order valence-corrected chi connectivity index (χ4v) is 3.28. The van der Waals surface area contributed by atoms with Gasteiger partial charge in [0, 0.05) is 40.0 Å². The Labute approximate surface area is 168 Å². The lowest BCUT2D eigenvalue weighted by molar-refractivity contribution is -0.119. The molecule has 1 N–H and O–H groups in total. The molecule has 1 unspecified atom stereocenters. The van der Waals surface area contributed by atoms with Crippen LogP contribution >= 0.6 is 0 Å². The number of piperidine rings is 1. The molecule has 3 rings (SSSR count). The second-order valence-corrected chi connectivity index (χ2v) is 6.87. The minimum absolute atomic E-state index is 0.105. The van der Waals surface area contributed by atoms with Crippen LogP contribution in [0.1, 0.15) is 19.8 Å². The highest BCUT2D eigenvalue weighted by molar-refractivity contribution is 5.90. The first-order chi connectivity index (χ1) is 14.0. The molecule has 1 aromatic rings. The predicted octanol–water partition coefficient (Wildman–Crippen LogP) is 1.86. The number of oxime groups is 1. The van der Waals surface area contributed by atoms with Gasteiger partial charge in [0.25, 0.3) is 0 Å². The molecular weight excluding hydrogens is 383 g/mol. The van der Waals surface area contributed by atoms with Crippen LogP contribution in [-0.4, -0.2) is 63.9 Å². The molecule has 2 amide bonds. The van der Waals surface area contributed by atoms with Crippen LogP contribution in [0.5, 0.6) is 0 Å². The van der Waals surface area contributed by atoms with Gasteiger partial charge in [-0.05, 0) is 18.2 Å². The number of carbonyl (C=O) groups is 2. The van der Waals surface area contributed by atoms with E-state index in [1.165, 1.54) is 25.0 Å². The summed E-state index contributed by atoms with van der Waals surface area (Å²) < 4.78 is 24.8. The van der Waals surface area contributed by atoms with Crippen LogP contribution < -0.4 is 15.1 Å². The Kier molecular flexibility index (Phi) is 6.86. The van der Waals surface area contributed by atoms with Gasteiger partial charge in [-0.1, -0.05) is 5.16 Å². The van der Waals surface area contributed by atoms with Crippen molar-refractivity contribution in [3.63, 3.8) is 0 Å². The number of hydrogen-bond donors (Lipinski definition) is 1. The quantitative estimate of drug-likeness (QED) is 0.421. The van der Waals surface area contributed by atoms with E-state index in [0.29, 0.717) is 37.3 Å². The topological polar surface area (TPSA) is 92.7 Å². The summed E-state index contributed by atoms with van der Waals surface area (Å²) in [5, 5.41) is 6.63. The number of nitrogens with zero attached hydrogens (tertiary/aromatic N) is 3. The lowest BCUT2D eigenvalue weighted by Crippen LogP contribution is -2.35. The molecule has 2 aliphatic heterocycles. The zero-order chi connectivity index (χ0) is 20.8. The van der Waals surface area contributed by atoms with E-state index in [0.717, 1.165) is 5.71 Å². The van der Waals surface area contributed by atoms with Crippen LogP contribution in [-0.2, 0) is 19.1 Å². The van der Waals surface area contributed by atoms with Crippen molar-refractivity contribution < 1.29 is 28.3 Å². The minimum atomic E-state index is -0.553. The van der Waals surface area contributed by atoms with Crippen LogP contribution in [0.25, 0.3) is 0 Å². The van der Waals surface area contributed by atoms with E-state index in [2.05, 4.69) is 10.5 Å². The van der Waals surface area contributed by atoms with Crippen LogP contribution in [0.2, 0.25) is 0 Å². The molecule has 10 heteroatoms. The fourth-order valence-electron chi connectivity index (χ4n) is 3.28. The average Bonchev–Trinajstić information content (AvgIpc) is 3.08. The fraction of sp³-hybridized carbons (Fsp3) is 0.526. The normalized spacial score (nSPS) is 19.2. The lowest BCUT2D eigenvalue weighted by Gasteiger charge is -2.30. The van der Waals surface area contributed by atoms with E-state index < -0.39 is 18.0 Å². The van der Waals surface area contributed by atoms with Crippen molar-refractivity contribution in [3.05, 3.63) is 24.0 Å². The van der Waals surface area contributed by atoms with Crippen LogP contribution in [0.4, 0.5) is 20.6 Å². The first kappa shape index (κ1) is 20.8. The summed E-state index contributed by atoms with van der Waals surface area (Å²) in [6.07, 6.45) is 0.333. The molecule has 2 heterocycles. The molecule has 0 bridgehead atoms. The number of rotatable bonds is 7. The molecule has 29 heavy (non-hydrogen) atoms. The zero-order valence-electron chi connectivity index (χ0n) is 16.5. The number of anilines is 2. The number of halogens is 1. The van der Waals surface area contributed by atoms with Crippen molar-refractivity contribution in [1.82, 2.24) is 5.32 Å². The highest BCUT2D eigenvalue weighted by atomic mass is 19.1. The molecule has 158 valence electrons. The summed E-state index contributed by atoms with van der Waals surface area (Å²) in [7, 11) is 1.53. The molecule has 0 spiro atoms. The largest absolute Gasteiger partial charge is 0.442 e. The maximum Gasteiger partial charge on any atom is 0.414 e. The Morgan fingerprint density at radius 3 is 2.79 bits per heavy atom. The third-order valence-corrected chi connectivity index (χ3v) is 4.74. The summed E-state index contributed by atoms with van der Waals surface area (Å²) in [6.45, 7) is 3.22. The monoisotopic (exact) mass is 408 g/mol. The molecular formula is C19H25FN4O5. The van der Waals surface area contributed by atoms with Crippen LogP contribution in [0.15, 0.2) is 23.4 Å². The van der Waals surface area contributed by atoms with Gasteiger partial charge in [-0.15, -0.1) is 0 Å². The number of benzene rings is 1. The second kappa shape index (κ2) is 9.55. The van der Waals surface area contributed by atoms with Crippen molar-refractivity contribution in [1.29, 1.82) is 0 Å². The molecule has 0 radical (unpaired) electrons. The van der Waals surface area contributed by atoms with E-state index in [-0.39, 0.29) is 25.8 Å². The van der Waals surface area contributed by atoms with Crippen LogP contribution in [0, 0.1) is 5.82 Å². The molecule has 1 atom stereocenters. The van der Waals surface area contributed by atoms with Crippen LogP contribution in [0.3, 0.4) is 0 Å². The van der Waals surface area contributed by atoms with Gasteiger partial charge in [-0.2, -0.15) is 0 Å². The average molecular weight is 408 g/mol. The number of cyclic esters (lactones) is 1. The van der Waals surface area contributed by atoms with Gasteiger partial charge in [0.15, 0.2) is 0 Å². The number of methoxy groups -OCH3 is 1. The standard InChI is InChI=1S/C19H25FN4O5/c1-13(25)21-10-16-11-24(19(26)29-16)15-3-4-18(17(20)9-15)23-7-5-14(6-8-23)22-28-12-27-2/h3-4,9,16H,5-8,10-12H2,1-2H3,(H,21,25). The van der Waals surface area contributed by atoms with Crippen molar-refractivity contribution in [2.24, 2.45) is 5.16 Å². The zero-order valence-corrected chi connectivity index (χ0v) is 16.5. The first-order valence-corrected chi connectivity index (χ1v) is 9.41. The maximum absolute atomic E-state index is 14.8. The van der Waals surface area contributed by atoms with E-state index in [1.807, 2.05) is 4.90 Å². The minimum Gasteiger partial charge on any atom is -0.442 e. The van der Waals surface area contributed by atoms with Crippen molar-refractivity contribution >= 4 is 29.1 Å². The molecule has 9 nitrogen and oxygen atoms in total.